The number of ether oxygens (including phenoxy) is 1. The van der Waals surface area contributed by atoms with Crippen molar-refractivity contribution >= 4 is 5.91 Å². The van der Waals surface area contributed by atoms with E-state index in [2.05, 4.69) is 19.2 Å². The average Bonchev–Trinajstić information content (AvgIpc) is 2.52. The number of aliphatic hydroxyl groups excluding tert-OH is 1. The molecule has 2 N–H and O–H groups in total. The number of nitrogens with one attached hydrogen (secondary N) is 1. The molecule has 0 aromatic heterocycles. The minimum absolute atomic E-state index is 0.0329. The van der Waals surface area contributed by atoms with Crippen LogP contribution in [0.3, 0.4) is 0 Å². The smallest absolute Gasteiger partial charge is 0.223 e. The van der Waals surface area contributed by atoms with Gasteiger partial charge in [-0.1, -0.05) is 39.3 Å². The first-order chi connectivity index (χ1) is 10.0. The Morgan fingerprint density at radius 1 is 1.29 bits per heavy atom. The Balaban J connectivity index is 2.78. The first-order valence-corrected chi connectivity index (χ1v) is 7.58. The van der Waals surface area contributed by atoms with Crippen molar-refractivity contribution in [3.8, 4) is 5.75 Å². The molecule has 3 atom stereocenters. The highest BCUT2D eigenvalue weighted by Crippen LogP contribution is 2.22. The van der Waals surface area contributed by atoms with Crippen LogP contribution in [0.25, 0.3) is 0 Å². The molecule has 4 heteroatoms. The van der Waals surface area contributed by atoms with Crippen LogP contribution in [0.4, 0.5) is 0 Å². The van der Waals surface area contributed by atoms with Crippen molar-refractivity contribution in [2.75, 3.05) is 13.7 Å². The van der Waals surface area contributed by atoms with Gasteiger partial charge < -0.3 is 15.2 Å². The molecule has 1 aromatic carbocycles. The molecule has 0 bridgehead atoms. The Morgan fingerprint density at radius 3 is 2.38 bits per heavy atom. The maximum Gasteiger partial charge on any atom is 0.223 e. The summed E-state index contributed by atoms with van der Waals surface area (Å²) in [6, 6.07) is 7.41. The number of benzene rings is 1. The molecule has 1 aromatic rings. The van der Waals surface area contributed by atoms with Crippen molar-refractivity contribution in [3.05, 3.63) is 29.8 Å². The molecule has 1 rings (SSSR count). The summed E-state index contributed by atoms with van der Waals surface area (Å²) in [7, 11) is 1.62. The monoisotopic (exact) mass is 293 g/mol. The number of aliphatic hydroxyl groups is 1. The largest absolute Gasteiger partial charge is 0.497 e. The van der Waals surface area contributed by atoms with E-state index < -0.39 is 0 Å². The van der Waals surface area contributed by atoms with Gasteiger partial charge in [-0.15, -0.1) is 0 Å². The molecule has 0 saturated carbocycles. The van der Waals surface area contributed by atoms with Crippen molar-refractivity contribution in [2.45, 2.75) is 39.7 Å². The predicted octanol–water partition coefficient (Wildman–Crippen LogP) is 2.92. The van der Waals surface area contributed by atoms with Crippen LogP contribution >= 0.6 is 0 Å². The molecule has 0 heterocycles. The van der Waals surface area contributed by atoms with Crippen molar-refractivity contribution in [3.63, 3.8) is 0 Å². The Labute approximate surface area is 127 Å². The summed E-state index contributed by atoms with van der Waals surface area (Å²) in [6.07, 6.45) is 1.48. The highest BCUT2D eigenvalue weighted by Gasteiger charge is 2.22. The maximum atomic E-state index is 12.3. The lowest BCUT2D eigenvalue weighted by molar-refractivity contribution is -0.126. The van der Waals surface area contributed by atoms with E-state index in [0.717, 1.165) is 17.7 Å². The minimum Gasteiger partial charge on any atom is -0.497 e. The van der Waals surface area contributed by atoms with Crippen LogP contribution < -0.4 is 10.1 Å². The molecule has 118 valence electrons. The summed E-state index contributed by atoms with van der Waals surface area (Å²) in [5.41, 5.74) is 0.981. The Hall–Kier alpha value is -1.55. The molecule has 1 amide bonds. The fourth-order valence-corrected chi connectivity index (χ4v) is 2.20. The molecule has 0 fully saturated rings. The third-order valence-corrected chi connectivity index (χ3v) is 4.16. The summed E-state index contributed by atoms with van der Waals surface area (Å²) >= 11 is 0. The molecule has 0 saturated heterocycles. The number of amides is 1. The second kappa shape index (κ2) is 8.67. The lowest BCUT2D eigenvalue weighted by Gasteiger charge is -2.23. The summed E-state index contributed by atoms with van der Waals surface area (Å²) in [6.45, 7) is 6.16. The van der Waals surface area contributed by atoms with Gasteiger partial charge >= 0.3 is 0 Å². The van der Waals surface area contributed by atoms with E-state index in [0.29, 0.717) is 12.3 Å². The molecule has 0 aliphatic carbocycles. The Bertz CT molecular complexity index is 430. The van der Waals surface area contributed by atoms with Gasteiger partial charge in [-0.25, -0.2) is 0 Å². The van der Waals surface area contributed by atoms with Gasteiger partial charge in [-0.2, -0.15) is 0 Å². The van der Waals surface area contributed by atoms with Crippen LogP contribution in [0.5, 0.6) is 5.75 Å². The van der Waals surface area contributed by atoms with Gasteiger partial charge in [-0.3, -0.25) is 4.79 Å². The van der Waals surface area contributed by atoms with Gasteiger partial charge in [0.05, 0.1) is 13.2 Å². The van der Waals surface area contributed by atoms with Crippen LogP contribution in [0, 0.1) is 11.8 Å². The van der Waals surface area contributed by atoms with Crippen molar-refractivity contribution in [1.29, 1.82) is 0 Å². The lowest BCUT2D eigenvalue weighted by Crippen LogP contribution is -2.35. The molecule has 0 spiro atoms. The molecule has 0 aliphatic heterocycles. The second-order valence-electron chi connectivity index (χ2n) is 5.52. The quantitative estimate of drug-likeness (QED) is 0.775. The summed E-state index contributed by atoms with van der Waals surface area (Å²) in [5.74, 6) is 1.13. The number of hydrogen-bond acceptors (Lipinski definition) is 3. The van der Waals surface area contributed by atoms with Crippen LogP contribution in [0.2, 0.25) is 0 Å². The van der Waals surface area contributed by atoms with Gasteiger partial charge in [0.1, 0.15) is 5.75 Å². The molecule has 3 unspecified atom stereocenters. The molecular weight excluding hydrogens is 266 g/mol. The highest BCUT2D eigenvalue weighted by molar-refractivity contribution is 5.79. The number of hydrogen-bond donors (Lipinski definition) is 2. The normalized spacial score (nSPS) is 15.1. The topological polar surface area (TPSA) is 58.6 Å². The Kier molecular flexibility index (Phi) is 7.23. The van der Waals surface area contributed by atoms with Crippen molar-refractivity contribution < 1.29 is 14.6 Å². The SMILES string of the molecule is CCC(C)C(C)C(=O)NC(CCO)c1ccc(OC)cc1. The van der Waals surface area contributed by atoms with Crippen molar-refractivity contribution in [2.24, 2.45) is 11.8 Å². The summed E-state index contributed by atoms with van der Waals surface area (Å²) < 4.78 is 5.14. The number of rotatable bonds is 8. The van der Waals surface area contributed by atoms with Gasteiger partial charge in [0.25, 0.3) is 0 Å². The van der Waals surface area contributed by atoms with E-state index in [1.165, 1.54) is 0 Å². The molecule has 21 heavy (non-hydrogen) atoms. The zero-order chi connectivity index (χ0) is 15.8. The predicted molar refractivity (Wildman–Crippen MR) is 84.2 cm³/mol. The van der Waals surface area contributed by atoms with Crippen LogP contribution in [0.15, 0.2) is 24.3 Å². The second-order valence-corrected chi connectivity index (χ2v) is 5.52. The van der Waals surface area contributed by atoms with E-state index in [4.69, 9.17) is 4.74 Å². The number of methoxy groups -OCH3 is 1. The summed E-state index contributed by atoms with van der Waals surface area (Å²) in [4.78, 5) is 12.3. The van der Waals surface area contributed by atoms with E-state index in [9.17, 15) is 9.90 Å². The molecular formula is C17H27NO3. The van der Waals surface area contributed by atoms with E-state index in [1.54, 1.807) is 7.11 Å². The fourth-order valence-electron chi connectivity index (χ4n) is 2.20. The van der Waals surface area contributed by atoms with Crippen LogP contribution in [-0.2, 0) is 4.79 Å². The fraction of sp³-hybridized carbons (Fsp3) is 0.588. The third kappa shape index (κ3) is 5.05. The molecule has 4 nitrogen and oxygen atoms in total. The number of carbonyl (C=O) groups excluding carboxylic acids is 1. The lowest BCUT2D eigenvalue weighted by atomic mass is 9.92. The highest BCUT2D eigenvalue weighted by atomic mass is 16.5. The maximum absolute atomic E-state index is 12.3. The first-order valence-electron chi connectivity index (χ1n) is 7.58. The molecule has 0 radical (unpaired) electrons. The van der Waals surface area contributed by atoms with E-state index in [-0.39, 0.29) is 24.5 Å². The molecule has 0 aliphatic rings. The van der Waals surface area contributed by atoms with Gasteiger partial charge in [0.2, 0.25) is 5.91 Å². The van der Waals surface area contributed by atoms with Crippen LogP contribution in [-0.4, -0.2) is 24.7 Å². The van der Waals surface area contributed by atoms with Gasteiger partial charge in [0.15, 0.2) is 0 Å². The van der Waals surface area contributed by atoms with Crippen LogP contribution in [0.1, 0.15) is 45.2 Å². The summed E-state index contributed by atoms with van der Waals surface area (Å²) in [5, 5.41) is 12.3. The standard InChI is InChI=1S/C17H27NO3/c1-5-12(2)13(3)17(20)18-16(10-11-19)14-6-8-15(21-4)9-7-14/h6-9,12-13,16,19H,5,10-11H2,1-4H3,(H,18,20). The van der Waals surface area contributed by atoms with Crippen molar-refractivity contribution in [1.82, 2.24) is 5.32 Å². The Morgan fingerprint density at radius 2 is 1.90 bits per heavy atom. The first kappa shape index (κ1) is 17.5. The zero-order valence-corrected chi connectivity index (χ0v) is 13.4. The average molecular weight is 293 g/mol. The van der Waals surface area contributed by atoms with Gasteiger partial charge in [0, 0.05) is 12.5 Å². The third-order valence-electron chi connectivity index (χ3n) is 4.16. The zero-order valence-electron chi connectivity index (χ0n) is 13.4. The minimum atomic E-state index is -0.167. The van der Waals surface area contributed by atoms with E-state index in [1.807, 2.05) is 31.2 Å². The van der Waals surface area contributed by atoms with E-state index >= 15 is 0 Å². The van der Waals surface area contributed by atoms with Gasteiger partial charge in [-0.05, 0) is 30.0 Å². The number of carbonyl (C=O) groups is 1.